The minimum absolute atomic E-state index is 0.151. The van der Waals surface area contributed by atoms with Crippen molar-refractivity contribution < 1.29 is 19.4 Å². The van der Waals surface area contributed by atoms with Crippen LogP contribution in [0.3, 0.4) is 0 Å². The molecule has 41 heavy (non-hydrogen) atoms. The van der Waals surface area contributed by atoms with Gasteiger partial charge in [-0.3, -0.25) is 14.7 Å². The number of piperidine rings is 1. The first-order valence-electron chi connectivity index (χ1n) is 14.8. The molecule has 2 saturated heterocycles. The van der Waals surface area contributed by atoms with E-state index in [0.717, 1.165) is 112 Å². The van der Waals surface area contributed by atoms with Gasteiger partial charge >= 0.3 is 5.97 Å². The summed E-state index contributed by atoms with van der Waals surface area (Å²) in [6.07, 6.45) is 8.75. The molecule has 9 heteroatoms. The molecule has 5 rings (SSSR count). The Morgan fingerprint density at radius 1 is 1.10 bits per heavy atom. The quantitative estimate of drug-likeness (QED) is 0.277. The number of morpholine rings is 1. The molecule has 4 heterocycles. The predicted octanol–water partition coefficient (Wildman–Crippen LogP) is 5.14. The average molecular weight is 579 g/mol. The van der Waals surface area contributed by atoms with Gasteiger partial charge in [0.15, 0.2) is 0 Å². The summed E-state index contributed by atoms with van der Waals surface area (Å²) in [5, 5.41) is 12.0. The van der Waals surface area contributed by atoms with Crippen molar-refractivity contribution in [2.24, 2.45) is 5.41 Å². The fourth-order valence-electron chi connectivity index (χ4n) is 6.27. The van der Waals surface area contributed by atoms with E-state index in [4.69, 9.17) is 14.5 Å². The van der Waals surface area contributed by atoms with Crippen molar-refractivity contribution in [3.8, 4) is 5.75 Å². The number of benzene rings is 1. The summed E-state index contributed by atoms with van der Waals surface area (Å²) in [4.78, 5) is 26.1. The van der Waals surface area contributed by atoms with Crippen LogP contribution in [0.4, 0.5) is 0 Å². The zero-order chi connectivity index (χ0) is 28.5. The Hall–Kier alpha value is -2.72. The number of carboxylic acid groups (broad SMARTS) is 1. The highest BCUT2D eigenvalue weighted by atomic mass is 32.2. The second kappa shape index (κ2) is 14.4. The molecule has 3 aromatic rings. The molecule has 8 nitrogen and oxygen atoms in total. The van der Waals surface area contributed by atoms with E-state index in [9.17, 15) is 9.90 Å². The number of ether oxygens (including phenoxy) is 2. The first-order valence-corrected chi connectivity index (χ1v) is 15.7. The molecule has 0 atom stereocenters. The van der Waals surface area contributed by atoms with Gasteiger partial charge in [0.1, 0.15) is 5.75 Å². The second-order valence-electron chi connectivity index (χ2n) is 11.3. The monoisotopic (exact) mass is 578 g/mol. The summed E-state index contributed by atoms with van der Waals surface area (Å²) < 4.78 is 11.1. The Kier molecular flexibility index (Phi) is 10.5. The summed E-state index contributed by atoms with van der Waals surface area (Å²) in [5.74, 6) is 1.14. The lowest BCUT2D eigenvalue weighted by molar-refractivity contribution is -0.140. The summed E-state index contributed by atoms with van der Waals surface area (Å²) >= 11 is 1.78. The number of nitrogens with zero attached hydrogens (tertiary/aromatic N) is 4. The van der Waals surface area contributed by atoms with Gasteiger partial charge < -0.3 is 19.5 Å². The van der Waals surface area contributed by atoms with Crippen molar-refractivity contribution in [3.63, 3.8) is 0 Å². The number of likely N-dealkylation sites (tertiary alicyclic amines) is 1. The highest BCUT2D eigenvalue weighted by molar-refractivity contribution is 7.99. The molecular weight excluding hydrogens is 536 g/mol. The van der Waals surface area contributed by atoms with Crippen LogP contribution in [0, 0.1) is 5.41 Å². The number of aromatic nitrogens is 2. The fraction of sp³-hybridized carbons (Fsp3) is 0.531. The number of aryl methyl sites for hydroxylation is 1. The first kappa shape index (κ1) is 29.8. The van der Waals surface area contributed by atoms with Gasteiger partial charge in [-0.25, -0.2) is 4.98 Å². The van der Waals surface area contributed by atoms with Crippen molar-refractivity contribution in [3.05, 3.63) is 59.9 Å². The number of fused-ring (bicyclic) bond motifs is 1. The second-order valence-corrected chi connectivity index (χ2v) is 12.4. The summed E-state index contributed by atoms with van der Waals surface area (Å²) in [5.41, 5.74) is 3.39. The number of methoxy groups -OCH3 is 1. The van der Waals surface area contributed by atoms with Crippen molar-refractivity contribution in [1.82, 2.24) is 19.8 Å². The van der Waals surface area contributed by atoms with E-state index in [1.165, 1.54) is 11.1 Å². The Labute approximate surface area is 247 Å². The lowest BCUT2D eigenvalue weighted by atomic mass is 9.72. The van der Waals surface area contributed by atoms with E-state index in [0.29, 0.717) is 0 Å². The van der Waals surface area contributed by atoms with Gasteiger partial charge in [-0.05, 0) is 92.1 Å². The molecule has 2 fully saturated rings. The Bertz CT molecular complexity index is 1280. The lowest BCUT2D eigenvalue weighted by Gasteiger charge is -2.41. The standard InChI is InChI=1S/C32H42N4O4S/c1-39-26-7-8-29-28(21-26)27(25(23-34-29)24-36-15-18-40-19-16-36)5-4-9-32(22-31(37)38)10-13-35(14-11-32)17-20-41-30-6-2-3-12-33-30/h2-3,6-8,12,21,23H,4-5,9-11,13-20,22,24H2,1H3,(H,37,38). The molecule has 0 saturated carbocycles. The summed E-state index contributed by atoms with van der Waals surface area (Å²) in [7, 11) is 1.70. The Balaban J connectivity index is 1.24. The molecule has 2 aliphatic heterocycles. The minimum atomic E-state index is -0.684. The number of thioether (sulfide) groups is 1. The molecule has 0 spiro atoms. The molecular formula is C32H42N4O4S. The van der Waals surface area contributed by atoms with E-state index in [-0.39, 0.29) is 11.8 Å². The zero-order valence-corrected chi connectivity index (χ0v) is 24.9. The fourth-order valence-corrected chi connectivity index (χ4v) is 7.13. The maximum absolute atomic E-state index is 12.0. The number of carboxylic acids is 1. The summed E-state index contributed by atoms with van der Waals surface area (Å²) in [6, 6.07) is 12.1. The maximum atomic E-state index is 12.0. The van der Waals surface area contributed by atoms with Crippen molar-refractivity contribution in [2.45, 2.75) is 50.1 Å². The third kappa shape index (κ3) is 8.19. The van der Waals surface area contributed by atoms with Crippen LogP contribution in [0.25, 0.3) is 10.9 Å². The number of hydrogen-bond acceptors (Lipinski definition) is 8. The third-order valence-corrected chi connectivity index (χ3v) is 9.57. The van der Waals surface area contributed by atoms with Crippen LogP contribution in [0.5, 0.6) is 5.75 Å². The van der Waals surface area contributed by atoms with Gasteiger partial charge in [0, 0.05) is 49.7 Å². The van der Waals surface area contributed by atoms with Gasteiger partial charge in [0.05, 0.1) is 37.3 Å². The van der Waals surface area contributed by atoms with E-state index >= 15 is 0 Å². The highest BCUT2D eigenvalue weighted by Crippen LogP contribution is 2.40. The van der Waals surface area contributed by atoms with Crippen LogP contribution in [-0.4, -0.2) is 89.6 Å². The average Bonchev–Trinajstić information content (AvgIpc) is 2.99. The largest absolute Gasteiger partial charge is 0.497 e. The highest BCUT2D eigenvalue weighted by Gasteiger charge is 2.36. The first-order chi connectivity index (χ1) is 20.0. The zero-order valence-electron chi connectivity index (χ0n) is 24.1. The number of pyridine rings is 2. The summed E-state index contributed by atoms with van der Waals surface area (Å²) in [6.45, 7) is 7.13. The van der Waals surface area contributed by atoms with Crippen LogP contribution in [0.15, 0.2) is 53.8 Å². The molecule has 2 aromatic heterocycles. The van der Waals surface area contributed by atoms with Gasteiger partial charge in [0.2, 0.25) is 0 Å². The number of aliphatic carboxylic acids is 1. The van der Waals surface area contributed by atoms with Gasteiger partial charge in [-0.1, -0.05) is 6.07 Å². The molecule has 1 aromatic carbocycles. The molecule has 2 aliphatic rings. The molecule has 0 bridgehead atoms. The smallest absolute Gasteiger partial charge is 0.303 e. The molecule has 0 radical (unpaired) electrons. The van der Waals surface area contributed by atoms with Gasteiger partial charge in [-0.15, -0.1) is 11.8 Å². The van der Waals surface area contributed by atoms with Crippen LogP contribution in [0.2, 0.25) is 0 Å². The molecule has 220 valence electrons. The van der Waals surface area contributed by atoms with Crippen LogP contribution in [0.1, 0.15) is 43.2 Å². The van der Waals surface area contributed by atoms with E-state index in [1.54, 1.807) is 18.9 Å². The predicted molar refractivity (Wildman–Crippen MR) is 163 cm³/mol. The molecule has 0 unspecified atom stereocenters. The van der Waals surface area contributed by atoms with Gasteiger partial charge in [0.25, 0.3) is 0 Å². The Morgan fingerprint density at radius 3 is 2.66 bits per heavy atom. The van der Waals surface area contributed by atoms with Crippen LogP contribution < -0.4 is 4.74 Å². The van der Waals surface area contributed by atoms with E-state index in [1.807, 2.05) is 42.7 Å². The maximum Gasteiger partial charge on any atom is 0.303 e. The van der Waals surface area contributed by atoms with E-state index < -0.39 is 5.97 Å². The van der Waals surface area contributed by atoms with Crippen molar-refractivity contribution >= 4 is 28.6 Å². The number of rotatable bonds is 13. The lowest BCUT2D eigenvalue weighted by Crippen LogP contribution is -2.42. The molecule has 0 amide bonds. The molecule has 1 N–H and O–H groups in total. The van der Waals surface area contributed by atoms with Crippen molar-refractivity contribution in [1.29, 1.82) is 0 Å². The topological polar surface area (TPSA) is 88.0 Å². The van der Waals surface area contributed by atoms with Crippen molar-refractivity contribution in [2.75, 3.05) is 58.8 Å². The van der Waals surface area contributed by atoms with Crippen LogP contribution in [-0.2, 0) is 22.5 Å². The van der Waals surface area contributed by atoms with Crippen LogP contribution >= 0.6 is 11.8 Å². The SMILES string of the molecule is COc1ccc2ncc(CN3CCOCC3)c(CCCC3(CC(=O)O)CCN(CCSc4ccccn4)CC3)c2c1. The molecule has 0 aliphatic carbocycles. The Morgan fingerprint density at radius 2 is 1.93 bits per heavy atom. The van der Waals surface area contributed by atoms with E-state index in [2.05, 4.69) is 20.9 Å². The minimum Gasteiger partial charge on any atom is -0.497 e. The number of carbonyl (C=O) groups is 1. The van der Waals surface area contributed by atoms with Gasteiger partial charge in [-0.2, -0.15) is 0 Å². The number of hydrogen-bond donors (Lipinski definition) is 1. The normalized spacial score (nSPS) is 18.0. The third-order valence-electron chi connectivity index (χ3n) is 8.65.